The van der Waals surface area contributed by atoms with Gasteiger partial charge in [-0.15, -0.1) is 0 Å². The highest BCUT2D eigenvalue weighted by molar-refractivity contribution is 6.19. The molecule has 0 radical (unpaired) electrons. The summed E-state index contributed by atoms with van der Waals surface area (Å²) in [4.78, 5) is 0. The topological polar surface area (TPSA) is 9.23 Å². The molecule has 0 aliphatic carbocycles. The molecule has 1 atom stereocenters. The monoisotopic (exact) mass is 258 g/mol. The van der Waals surface area contributed by atoms with Crippen molar-refractivity contribution in [1.82, 2.24) is 0 Å². The lowest BCUT2D eigenvalue weighted by Crippen LogP contribution is -2.01. The van der Waals surface area contributed by atoms with E-state index < -0.39 is 0 Å². The van der Waals surface area contributed by atoms with Gasteiger partial charge in [-0.25, -0.2) is 0 Å². The molecular weight excluding hydrogens is 244 g/mol. The first-order chi connectivity index (χ1) is 8.74. The molecule has 0 spiro atoms. The summed E-state index contributed by atoms with van der Waals surface area (Å²) in [7, 11) is 0. The minimum atomic E-state index is -0.310. The Bertz CT molecular complexity index is 500. The Hall–Kier alpha value is -1.73. The summed E-state index contributed by atoms with van der Waals surface area (Å²) in [5, 5.41) is 0. The van der Waals surface area contributed by atoms with Crippen LogP contribution in [0.3, 0.4) is 0 Å². The van der Waals surface area contributed by atoms with E-state index in [0.717, 1.165) is 11.3 Å². The Balaban J connectivity index is 2.04. The van der Waals surface area contributed by atoms with E-state index in [1.807, 2.05) is 42.5 Å². The van der Waals surface area contributed by atoms with Crippen LogP contribution in [0.5, 0.6) is 5.75 Å². The van der Waals surface area contributed by atoms with Crippen molar-refractivity contribution in [3.05, 3.63) is 65.7 Å². The number of rotatable bonds is 4. The molecule has 0 saturated heterocycles. The third-order valence-electron chi connectivity index (χ3n) is 2.45. The average molecular weight is 259 g/mol. The zero-order valence-electron chi connectivity index (χ0n) is 10.2. The Kier molecular flexibility index (Phi) is 4.43. The van der Waals surface area contributed by atoms with Crippen molar-refractivity contribution in [1.29, 1.82) is 0 Å². The summed E-state index contributed by atoms with van der Waals surface area (Å²) in [6.45, 7) is 1.80. The van der Waals surface area contributed by atoms with Gasteiger partial charge in [0.25, 0.3) is 0 Å². The van der Waals surface area contributed by atoms with Gasteiger partial charge in [0.2, 0.25) is 0 Å². The summed E-state index contributed by atoms with van der Waals surface area (Å²) in [6, 6.07) is 18.1. The van der Waals surface area contributed by atoms with Gasteiger partial charge in [-0.3, -0.25) is 0 Å². The highest BCUT2D eigenvalue weighted by atomic mass is 35.5. The van der Waals surface area contributed by atoms with Gasteiger partial charge in [0.15, 0.2) is 5.56 Å². The van der Waals surface area contributed by atoms with Gasteiger partial charge in [-0.2, -0.15) is 0 Å². The molecule has 2 aromatic carbocycles. The van der Waals surface area contributed by atoms with Crippen molar-refractivity contribution >= 4 is 23.8 Å². The molecule has 0 aromatic heterocycles. The highest BCUT2D eigenvalue weighted by Gasteiger charge is 1.97. The van der Waals surface area contributed by atoms with Crippen molar-refractivity contribution in [2.75, 3.05) is 0 Å². The molecule has 1 nitrogen and oxygen atoms in total. The first-order valence-electron chi connectivity index (χ1n) is 5.88. The van der Waals surface area contributed by atoms with Gasteiger partial charge in [0.05, 0.1) is 0 Å². The van der Waals surface area contributed by atoms with Crippen LogP contribution in [0.1, 0.15) is 18.1 Å². The van der Waals surface area contributed by atoms with E-state index in [1.54, 1.807) is 6.92 Å². The summed E-state index contributed by atoms with van der Waals surface area (Å²) in [6.07, 6.45) is 4.16. The third kappa shape index (κ3) is 3.94. The molecule has 0 N–H and O–H groups in total. The van der Waals surface area contributed by atoms with Gasteiger partial charge in [-0.1, -0.05) is 66.2 Å². The number of hydrogen-bond donors (Lipinski definition) is 0. The van der Waals surface area contributed by atoms with Crippen molar-refractivity contribution in [3.63, 3.8) is 0 Å². The molecule has 18 heavy (non-hydrogen) atoms. The van der Waals surface area contributed by atoms with Crippen LogP contribution in [-0.2, 0) is 0 Å². The first kappa shape index (κ1) is 12.7. The molecule has 0 aliphatic rings. The van der Waals surface area contributed by atoms with Gasteiger partial charge in [0, 0.05) is 0 Å². The summed E-state index contributed by atoms with van der Waals surface area (Å²) < 4.78 is 5.37. The van der Waals surface area contributed by atoms with Crippen molar-refractivity contribution < 1.29 is 4.74 Å². The van der Waals surface area contributed by atoms with Crippen LogP contribution in [0.4, 0.5) is 0 Å². The number of hydrogen-bond acceptors (Lipinski definition) is 1. The fraction of sp³-hybridized carbons (Fsp3) is 0.125. The number of alkyl halides is 1. The second-order valence-electron chi connectivity index (χ2n) is 3.97. The van der Waals surface area contributed by atoms with Crippen LogP contribution < -0.4 is 4.74 Å². The molecule has 0 heterocycles. The van der Waals surface area contributed by atoms with Gasteiger partial charge in [0.1, 0.15) is 5.75 Å². The standard InChI is InChI=1S/C16H15ClO/c1-13(17)18-16-11-9-15(10-12-16)8-7-14-5-3-2-4-6-14/h2-13H,1H3. The van der Waals surface area contributed by atoms with E-state index >= 15 is 0 Å². The van der Waals surface area contributed by atoms with Crippen LogP contribution in [0.25, 0.3) is 12.2 Å². The number of halogens is 1. The fourth-order valence-corrected chi connectivity index (χ4v) is 1.70. The number of ether oxygens (including phenoxy) is 1. The summed E-state index contributed by atoms with van der Waals surface area (Å²) >= 11 is 5.76. The van der Waals surface area contributed by atoms with E-state index in [1.165, 1.54) is 5.56 Å². The largest absolute Gasteiger partial charge is 0.475 e. The Morgan fingerprint density at radius 1 is 0.889 bits per heavy atom. The lowest BCUT2D eigenvalue weighted by atomic mass is 10.1. The number of benzene rings is 2. The maximum absolute atomic E-state index is 5.76. The van der Waals surface area contributed by atoms with Crippen molar-refractivity contribution in [2.24, 2.45) is 0 Å². The van der Waals surface area contributed by atoms with E-state index in [2.05, 4.69) is 24.3 Å². The van der Waals surface area contributed by atoms with E-state index in [0.29, 0.717) is 0 Å². The zero-order chi connectivity index (χ0) is 12.8. The van der Waals surface area contributed by atoms with Gasteiger partial charge in [-0.05, 0) is 30.2 Å². The van der Waals surface area contributed by atoms with Crippen LogP contribution in [0, 0.1) is 0 Å². The van der Waals surface area contributed by atoms with Gasteiger partial charge < -0.3 is 4.74 Å². The van der Waals surface area contributed by atoms with Crippen LogP contribution in [0.2, 0.25) is 0 Å². The highest BCUT2D eigenvalue weighted by Crippen LogP contribution is 2.16. The maximum atomic E-state index is 5.76. The molecule has 2 heteroatoms. The SMILES string of the molecule is CC(Cl)Oc1ccc(C=Cc2ccccc2)cc1. The van der Waals surface area contributed by atoms with E-state index in [-0.39, 0.29) is 5.56 Å². The molecule has 0 amide bonds. The zero-order valence-corrected chi connectivity index (χ0v) is 11.0. The molecule has 0 aliphatic heterocycles. The molecule has 1 unspecified atom stereocenters. The third-order valence-corrected chi connectivity index (χ3v) is 2.54. The Labute approximate surface area is 113 Å². The minimum absolute atomic E-state index is 0.310. The van der Waals surface area contributed by atoms with E-state index in [9.17, 15) is 0 Å². The van der Waals surface area contributed by atoms with E-state index in [4.69, 9.17) is 16.3 Å². The molecule has 0 bridgehead atoms. The van der Waals surface area contributed by atoms with Crippen LogP contribution in [0.15, 0.2) is 54.6 Å². The first-order valence-corrected chi connectivity index (χ1v) is 6.31. The Morgan fingerprint density at radius 2 is 1.44 bits per heavy atom. The molecule has 0 fully saturated rings. The second kappa shape index (κ2) is 6.27. The quantitative estimate of drug-likeness (QED) is 0.564. The summed E-state index contributed by atoms with van der Waals surface area (Å²) in [5.41, 5.74) is 2.01. The average Bonchev–Trinajstić information content (AvgIpc) is 2.38. The smallest absolute Gasteiger partial charge is 0.169 e. The van der Waals surface area contributed by atoms with Crippen LogP contribution >= 0.6 is 11.6 Å². The Morgan fingerprint density at radius 3 is 2.00 bits per heavy atom. The maximum Gasteiger partial charge on any atom is 0.169 e. The van der Waals surface area contributed by atoms with Gasteiger partial charge >= 0.3 is 0 Å². The van der Waals surface area contributed by atoms with Crippen molar-refractivity contribution in [2.45, 2.75) is 12.5 Å². The molecule has 92 valence electrons. The molecule has 2 aromatic rings. The fourth-order valence-electron chi connectivity index (χ4n) is 1.60. The summed E-state index contributed by atoms with van der Waals surface area (Å²) in [5.74, 6) is 0.786. The minimum Gasteiger partial charge on any atom is -0.475 e. The van der Waals surface area contributed by atoms with Crippen molar-refractivity contribution in [3.8, 4) is 5.75 Å². The molecule has 0 saturated carbocycles. The molecule has 2 rings (SSSR count). The lowest BCUT2D eigenvalue weighted by Gasteiger charge is -2.07. The lowest BCUT2D eigenvalue weighted by molar-refractivity contribution is 0.301. The molecular formula is C16H15ClO. The second-order valence-corrected chi connectivity index (χ2v) is 4.59. The normalized spacial score (nSPS) is 12.6. The van der Waals surface area contributed by atoms with Crippen LogP contribution in [-0.4, -0.2) is 5.56 Å². The predicted molar refractivity (Wildman–Crippen MR) is 77.8 cm³/mol. The predicted octanol–water partition coefficient (Wildman–Crippen LogP) is 4.82.